The Labute approximate surface area is 111 Å². The largest absolute Gasteiger partial charge is 0.480 e. The van der Waals surface area contributed by atoms with Crippen LogP contribution >= 0.6 is 0 Å². The summed E-state index contributed by atoms with van der Waals surface area (Å²) in [6.45, 7) is 0.0603. The molecular weight excluding hydrogens is 250 g/mol. The van der Waals surface area contributed by atoms with Crippen LogP contribution in [-0.2, 0) is 4.79 Å². The first-order chi connectivity index (χ1) is 8.99. The van der Waals surface area contributed by atoms with E-state index in [0.717, 1.165) is 25.7 Å². The molecule has 4 unspecified atom stereocenters. The third-order valence-electron chi connectivity index (χ3n) is 3.95. The van der Waals surface area contributed by atoms with Gasteiger partial charge in [0.05, 0.1) is 6.10 Å². The predicted molar refractivity (Wildman–Crippen MR) is 67.5 cm³/mol. The van der Waals surface area contributed by atoms with Gasteiger partial charge in [-0.15, -0.1) is 0 Å². The molecule has 5 N–H and O–H groups in total. The summed E-state index contributed by atoms with van der Waals surface area (Å²) in [5.41, 5.74) is 5.95. The van der Waals surface area contributed by atoms with Gasteiger partial charge in [0.2, 0.25) is 0 Å². The van der Waals surface area contributed by atoms with Gasteiger partial charge in [-0.2, -0.15) is 0 Å². The number of carbonyl (C=O) groups excluding carboxylic acids is 1. The van der Waals surface area contributed by atoms with E-state index >= 15 is 0 Å². The molecule has 7 heteroatoms. The number of nitrogens with zero attached hydrogens (tertiary/aromatic N) is 1. The molecule has 0 spiro atoms. The fourth-order valence-corrected chi connectivity index (χ4v) is 2.85. The van der Waals surface area contributed by atoms with Gasteiger partial charge >= 0.3 is 12.0 Å². The summed E-state index contributed by atoms with van der Waals surface area (Å²) in [5.74, 6) is -1.08. The van der Waals surface area contributed by atoms with Crippen molar-refractivity contribution in [3.8, 4) is 0 Å². The van der Waals surface area contributed by atoms with Crippen molar-refractivity contribution in [1.29, 1.82) is 0 Å². The van der Waals surface area contributed by atoms with E-state index < -0.39 is 24.1 Å². The van der Waals surface area contributed by atoms with E-state index in [1.165, 1.54) is 4.90 Å². The molecule has 2 rings (SSSR count). The zero-order valence-corrected chi connectivity index (χ0v) is 10.8. The molecule has 19 heavy (non-hydrogen) atoms. The minimum absolute atomic E-state index is 0.0603. The molecule has 0 aromatic carbocycles. The van der Waals surface area contributed by atoms with Crippen molar-refractivity contribution in [2.45, 2.75) is 56.3 Å². The maximum absolute atomic E-state index is 12.1. The number of carboxylic acid groups (broad SMARTS) is 1. The number of hydrogen-bond acceptors (Lipinski definition) is 4. The lowest BCUT2D eigenvalue weighted by Crippen LogP contribution is -2.55. The monoisotopic (exact) mass is 271 g/mol. The average molecular weight is 271 g/mol. The first-order valence-electron chi connectivity index (χ1n) is 6.72. The lowest BCUT2D eigenvalue weighted by Gasteiger charge is -2.31. The van der Waals surface area contributed by atoms with Crippen LogP contribution in [0.25, 0.3) is 0 Å². The molecule has 1 saturated carbocycles. The van der Waals surface area contributed by atoms with E-state index in [0.29, 0.717) is 0 Å². The number of aliphatic hydroxyl groups is 1. The fourth-order valence-electron chi connectivity index (χ4n) is 2.85. The number of carbonyl (C=O) groups is 2. The molecule has 0 aromatic rings. The van der Waals surface area contributed by atoms with Gasteiger partial charge in [-0.3, -0.25) is 0 Å². The van der Waals surface area contributed by atoms with Crippen molar-refractivity contribution in [3.63, 3.8) is 0 Å². The van der Waals surface area contributed by atoms with Crippen LogP contribution in [0.3, 0.4) is 0 Å². The molecule has 7 nitrogen and oxygen atoms in total. The van der Waals surface area contributed by atoms with Crippen LogP contribution in [0.2, 0.25) is 0 Å². The van der Waals surface area contributed by atoms with Crippen molar-refractivity contribution in [1.82, 2.24) is 10.2 Å². The van der Waals surface area contributed by atoms with Crippen LogP contribution in [0.5, 0.6) is 0 Å². The van der Waals surface area contributed by atoms with Crippen LogP contribution in [0.4, 0.5) is 4.79 Å². The van der Waals surface area contributed by atoms with E-state index in [2.05, 4.69) is 5.32 Å². The molecule has 2 amide bonds. The standard InChI is InChI=1S/C12H21N3O4/c13-8-3-1-2-4-9(8)14-12(19)15-6-7(16)5-10(15)11(17)18/h7-10,16H,1-6,13H2,(H,14,19)(H,17,18). The molecule has 1 saturated heterocycles. The molecule has 108 valence electrons. The second kappa shape index (κ2) is 5.75. The number of aliphatic carboxylic acids is 1. The number of urea groups is 1. The van der Waals surface area contributed by atoms with Crippen LogP contribution in [0.1, 0.15) is 32.1 Å². The Balaban J connectivity index is 1.96. The number of β-amino-alcohol motifs (C(OH)–C–C–N with tert-alkyl or cyclic N) is 1. The molecule has 0 radical (unpaired) electrons. The third-order valence-corrected chi connectivity index (χ3v) is 3.95. The Hall–Kier alpha value is -1.34. The lowest BCUT2D eigenvalue weighted by molar-refractivity contribution is -0.141. The second-order valence-corrected chi connectivity index (χ2v) is 5.40. The topological polar surface area (TPSA) is 116 Å². The van der Waals surface area contributed by atoms with Crippen LogP contribution in [0.15, 0.2) is 0 Å². The minimum atomic E-state index is -1.08. The number of nitrogens with one attached hydrogen (secondary N) is 1. The zero-order valence-electron chi connectivity index (χ0n) is 10.8. The summed E-state index contributed by atoms with van der Waals surface area (Å²) < 4.78 is 0. The smallest absolute Gasteiger partial charge is 0.326 e. The molecular formula is C12H21N3O4. The van der Waals surface area contributed by atoms with Crippen LogP contribution in [-0.4, -0.2) is 57.9 Å². The number of likely N-dealkylation sites (tertiary alicyclic amines) is 1. The summed E-state index contributed by atoms with van der Waals surface area (Å²) in [6.07, 6.45) is 3.08. The number of amides is 2. The van der Waals surface area contributed by atoms with E-state index in [9.17, 15) is 14.7 Å². The van der Waals surface area contributed by atoms with Crippen molar-refractivity contribution < 1.29 is 19.8 Å². The van der Waals surface area contributed by atoms with E-state index in [-0.39, 0.29) is 25.0 Å². The van der Waals surface area contributed by atoms with E-state index in [1.54, 1.807) is 0 Å². The Kier molecular flexibility index (Phi) is 4.26. The molecule has 0 bridgehead atoms. The Bertz CT molecular complexity index is 363. The molecule has 1 aliphatic carbocycles. The summed E-state index contributed by atoms with van der Waals surface area (Å²) in [7, 11) is 0. The van der Waals surface area contributed by atoms with Crippen molar-refractivity contribution in [2.24, 2.45) is 5.73 Å². The summed E-state index contributed by atoms with van der Waals surface area (Å²) >= 11 is 0. The Morgan fingerprint density at radius 1 is 1.26 bits per heavy atom. The molecule has 1 aliphatic heterocycles. The highest BCUT2D eigenvalue weighted by atomic mass is 16.4. The van der Waals surface area contributed by atoms with Gasteiger partial charge < -0.3 is 26.2 Å². The minimum Gasteiger partial charge on any atom is -0.480 e. The molecule has 2 fully saturated rings. The molecule has 4 atom stereocenters. The van der Waals surface area contributed by atoms with Gasteiger partial charge in [0.15, 0.2) is 0 Å². The Morgan fingerprint density at radius 2 is 1.95 bits per heavy atom. The lowest BCUT2D eigenvalue weighted by atomic mass is 9.91. The first kappa shape index (κ1) is 14.1. The maximum atomic E-state index is 12.1. The number of nitrogens with two attached hydrogens (primary N) is 1. The normalized spacial score (nSPS) is 35.2. The third kappa shape index (κ3) is 3.16. The van der Waals surface area contributed by atoms with Crippen LogP contribution in [0, 0.1) is 0 Å². The number of aliphatic hydroxyl groups excluding tert-OH is 1. The average Bonchev–Trinajstić information content (AvgIpc) is 2.74. The van der Waals surface area contributed by atoms with Crippen molar-refractivity contribution in [2.75, 3.05) is 6.54 Å². The van der Waals surface area contributed by atoms with Gasteiger partial charge in [0.1, 0.15) is 6.04 Å². The highest BCUT2D eigenvalue weighted by molar-refractivity contribution is 5.83. The first-order valence-corrected chi connectivity index (χ1v) is 6.72. The molecule has 2 aliphatic rings. The molecule has 1 heterocycles. The van der Waals surface area contributed by atoms with E-state index in [4.69, 9.17) is 10.8 Å². The SMILES string of the molecule is NC1CCCCC1NC(=O)N1CC(O)CC1C(=O)O. The van der Waals surface area contributed by atoms with Gasteiger partial charge in [-0.05, 0) is 12.8 Å². The van der Waals surface area contributed by atoms with Gasteiger partial charge in [0, 0.05) is 25.0 Å². The zero-order chi connectivity index (χ0) is 14.0. The summed E-state index contributed by atoms with van der Waals surface area (Å²) in [6, 6.07) is -1.57. The predicted octanol–water partition coefficient (Wildman–Crippen LogP) is -0.514. The van der Waals surface area contributed by atoms with Gasteiger partial charge in [-0.1, -0.05) is 12.8 Å². The van der Waals surface area contributed by atoms with E-state index in [1.807, 2.05) is 0 Å². The number of carboxylic acids is 1. The highest BCUT2D eigenvalue weighted by Crippen LogP contribution is 2.20. The van der Waals surface area contributed by atoms with Crippen molar-refractivity contribution >= 4 is 12.0 Å². The van der Waals surface area contributed by atoms with Crippen molar-refractivity contribution in [3.05, 3.63) is 0 Å². The Morgan fingerprint density at radius 3 is 2.58 bits per heavy atom. The quantitative estimate of drug-likeness (QED) is 0.539. The number of hydrogen-bond donors (Lipinski definition) is 4. The maximum Gasteiger partial charge on any atom is 0.326 e. The number of rotatable bonds is 2. The second-order valence-electron chi connectivity index (χ2n) is 5.40. The molecule has 0 aromatic heterocycles. The van der Waals surface area contributed by atoms with Gasteiger partial charge in [0.25, 0.3) is 0 Å². The summed E-state index contributed by atoms with van der Waals surface area (Å²) in [5, 5.41) is 21.4. The fraction of sp³-hybridized carbons (Fsp3) is 0.833. The highest BCUT2D eigenvalue weighted by Gasteiger charge is 2.39. The summed E-state index contributed by atoms with van der Waals surface area (Å²) in [4.78, 5) is 24.4. The van der Waals surface area contributed by atoms with Crippen LogP contribution < -0.4 is 11.1 Å². The van der Waals surface area contributed by atoms with Gasteiger partial charge in [-0.25, -0.2) is 9.59 Å².